The maximum absolute atomic E-state index is 12.3. The van der Waals surface area contributed by atoms with Crippen LogP contribution < -0.4 is 4.90 Å². The van der Waals surface area contributed by atoms with Crippen molar-refractivity contribution in [2.75, 3.05) is 45.3 Å². The lowest BCUT2D eigenvalue weighted by Crippen LogP contribution is -2.40. The summed E-state index contributed by atoms with van der Waals surface area (Å²) in [4.78, 5) is 20.1. The fraction of sp³-hybridized carbons (Fsp3) is 0.400. The zero-order valence-electron chi connectivity index (χ0n) is 12.7. The molecule has 1 aromatic heterocycles. The van der Waals surface area contributed by atoms with Gasteiger partial charge in [-0.1, -0.05) is 5.16 Å². The van der Waals surface area contributed by atoms with Crippen LogP contribution in [0, 0.1) is 0 Å². The number of amides is 1. The van der Waals surface area contributed by atoms with Crippen molar-refractivity contribution in [1.82, 2.24) is 15.0 Å². The molecular weight excluding hydrogens is 284 g/mol. The molecule has 1 amide bonds. The number of carbonyl (C=O) groups excluding carboxylic acids is 1. The number of morpholine rings is 1. The molecule has 1 aromatic carbocycles. The number of carbonyl (C=O) groups is 1. The SMILES string of the molecule is CN(C)c1ccc(-c2noc(C(=O)N3CCOCC3)n2)cc1. The van der Waals surface area contributed by atoms with Gasteiger partial charge in [0.1, 0.15) is 0 Å². The highest BCUT2D eigenvalue weighted by Crippen LogP contribution is 2.20. The van der Waals surface area contributed by atoms with E-state index in [4.69, 9.17) is 9.26 Å². The van der Waals surface area contributed by atoms with Crippen LogP contribution >= 0.6 is 0 Å². The number of rotatable bonds is 3. The fourth-order valence-electron chi connectivity index (χ4n) is 2.24. The third-order valence-corrected chi connectivity index (χ3v) is 3.55. The van der Waals surface area contributed by atoms with Gasteiger partial charge in [0.2, 0.25) is 5.82 Å². The zero-order chi connectivity index (χ0) is 15.5. The van der Waals surface area contributed by atoms with Crippen LogP contribution in [0.3, 0.4) is 0 Å². The summed E-state index contributed by atoms with van der Waals surface area (Å²) in [5.41, 5.74) is 1.90. The van der Waals surface area contributed by atoms with Crippen LogP contribution in [0.4, 0.5) is 5.69 Å². The van der Waals surface area contributed by atoms with Crippen molar-refractivity contribution in [1.29, 1.82) is 0 Å². The molecule has 22 heavy (non-hydrogen) atoms. The summed E-state index contributed by atoms with van der Waals surface area (Å²) >= 11 is 0. The lowest BCUT2D eigenvalue weighted by atomic mass is 10.2. The van der Waals surface area contributed by atoms with Gasteiger partial charge in [0.15, 0.2) is 0 Å². The topological polar surface area (TPSA) is 71.7 Å². The van der Waals surface area contributed by atoms with Gasteiger partial charge >= 0.3 is 11.8 Å². The standard InChI is InChI=1S/C15H18N4O3/c1-18(2)12-5-3-11(4-6-12)13-16-14(22-17-13)15(20)19-7-9-21-10-8-19/h3-6H,7-10H2,1-2H3. The molecule has 7 nitrogen and oxygen atoms in total. The Hall–Kier alpha value is -2.41. The summed E-state index contributed by atoms with van der Waals surface area (Å²) in [5.74, 6) is 0.197. The summed E-state index contributed by atoms with van der Waals surface area (Å²) in [6, 6.07) is 7.75. The number of nitrogens with zero attached hydrogens (tertiary/aromatic N) is 4. The summed E-state index contributed by atoms with van der Waals surface area (Å²) in [7, 11) is 3.95. The number of aromatic nitrogens is 2. The molecule has 0 saturated carbocycles. The van der Waals surface area contributed by atoms with Crippen LogP contribution in [-0.4, -0.2) is 61.3 Å². The van der Waals surface area contributed by atoms with Crippen LogP contribution in [0.25, 0.3) is 11.4 Å². The number of benzene rings is 1. The van der Waals surface area contributed by atoms with Crippen molar-refractivity contribution >= 4 is 11.6 Å². The average molecular weight is 302 g/mol. The van der Waals surface area contributed by atoms with E-state index in [9.17, 15) is 4.79 Å². The highest BCUT2D eigenvalue weighted by molar-refractivity contribution is 5.90. The molecule has 1 fully saturated rings. The monoisotopic (exact) mass is 302 g/mol. The van der Waals surface area contributed by atoms with E-state index in [0.29, 0.717) is 32.1 Å². The molecular formula is C15H18N4O3. The third kappa shape index (κ3) is 2.94. The minimum absolute atomic E-state index is 0.0218. The Kier molecular flexibility index (Phi) is 4.06. The predicted octanol–water partition coefficient (Wildman–Crippen LogP) is 1.27. The Morgan fingerprint density at radius 2 is 1.86 bits per heavy atom. The molecule has 3 rings (SSSR count). The van der Waals surface area contributed by atoms with E-state index in [1.807, 2.05) is 43.3 Å². The van der Waals surface area contributed by atoms with Crippen molar-refractivity contribution in [3.63, 3.8) is 0 Å². The van der Waals surface area contributed by atoms with E-state index < -0.39 is 0 Å². The molecule has 0 unspecified atom stereocenters. The maximum atomic E-state index is 12.3. The predicted molar refractivity (Wildman–Crippen MR) is 80.8 cm³/mol. The Morgan fingerprint density at radius 3 is 2.50 bits per heavy atom. The van der Waals surface area contributed by atoms with Gasteiger partial charge in [-0.15, -0.1) is 0 Å². The van der Waals surface area contributed by atoms with E-state index in [-0.39, 0.29) is 11.8 Å². The molecule has 1 saturated heterocycles. The molecule has 1 aliphatic heterocycles. The van der Waals surface area contributed by atoms with Gasteiger partial charge in [0.05, 0.1) is 13.2 Å². The second-order valence-corrected chi connectivity index (χ2v) is 5.27. The van der Waals surface area contributed by atoms with Crippen LogP contribution in [0.2, 0.25) is 0 Å². The first kappa shape index (κ1) is 14.5. The smallest absolute Gasteiger partial charge is 0.316 e. The molecule has 0 radical (unpaired) electrons. The quantitative estimate of drug-likeness (QED) is 0.850. The van der Waals surface area contributed by atoms with Crippen LogP contribution in [0.1, 0.15) is 10.7 Å². The first-order valence-corrected chi connectivity index (χ1v) is 7.13. The largest absolute Gasteiger partial charge is 0.378 e. The molecule has 1 aliphatic rings. The molecule has 0 atom stereocenters. The second-order valence-electron chi connectivity index (χ2n) is 5.27. The van der Waals surface area contributed by atoms with E-state index >= 15 is 0 Å². The first-order chi connectivity index (χ1) is 10.6. The lowest BCUT2D eigenvalue weighted by molar-refractivity contribution is 0.0272. The second kappa shape index (κ2) is 6.15. The van der Waals surface area contributed by atoms with Crippen molar-refractivity contribution in [2.45, 2.75) is 0 Å². The van der Waals surface area contributed by atoms with Crippen molar-refractivity contribution in [2.24, 2.45) is 0 Å². The molecule has 7 heteroatoms. The molecule has 2 heterocycles. The van der Waals surface area contributed by atoms with Crippen LogP contribution in [0.5, 0.6) is 0 Å². The molecule has 0 spiro atoms. The summed E-state index contributed by atoms with van der Waals surface area (Å²) in [6.45, 7) is 2.18. The highest BCUT2D eigenvalue weighted by Gasteiger charge is 2.24. The van der Waals surface area contributed by atoms with Gasteiger partial charge < -0.3 is 19.1 Å². The Balaban J connectivity index is 1.76. The Morgan fingerprint density at radius 1 is 1.18 bits per heavy atom. The van der Waals surface area contributed by atoms with E-state index in [1.165, 1.54) is 0 Å². The van der Waals surface area contributed by atoms with Crippen molar-refractivity contribution < 1.29 is 14.1 Å². The highest BCUT2D eigenvalue weighted by atomic mass is 16.5. The lowest BCUT2D eigenvalue weighted by Gasteiger charge is -2.25. The maximum Gasteiger partial charge on any atom is 0.316 e. The molecule has 0 aliphatic carbocycles. The van der Waals surface area contributed by atoms with E-state index in [2.05, 4.69) is 10.1 Å². The molecule has 116 valence electrons. The van der Waals surface area contributed by atoms with Gasteiger partial charge in [0.25, 0.3) is 0 Å². The average Bonchev–Trinajstić information content (AvgIpc) is 3.05. The van der Waals surface area contributed by atoms with Crippen LogP contribution in [0.15, 0.2) is 28.8 Å². The normalized spacial score (nSPS) is 14.9. The molecule has 0 bridgehead atoms. The van der Waals surface area contributed by atoms with Crippen molar-refractivity contribution in [3.05, 3.63) is 30.2 Å². The number of anilines is 1. The van der Waals surface area contributed by atoms with Gasteiger partial charge in [-0.2, -0.15) is 4.98 Å². The molecule has 2 aromatic rings. The number of hydrogen-bond donors (Lipinski definition) is 0. The molecule has 0 N–H and O–H groups in total. The van der Waals surface area contributed by atoms with Gasteiger partial charge in [-0.05, 0) is 24.3 Å². The minimum Gasteiger partial charge on any atom is -0.378 e. The Bertz CT molecular complexity index is 645. The number of ether oxygens (including phenoxy) is 1. The number of hydrogen-bond acceptors (Lipinski definition) is 6. The van der Waals surface area contributed by atoms with Gasteiger partial charge in [0, 0.05) is 38.4 Å². The first-order valence-electron chi connectivity index (χ1n) is 7.13. The Labute approximate surface area is 128 Å². The van der Waals surface area contributed by atoms with Gasteiger partial charge in [-0.3, -0.25) is 4.79 Å². The summed E-state index contributed by atoms with van der Waals surface area (Å²) in [6.07, 6.45) is 0. The summed E-state index contributed by atoms with van der Waals surface area (Å²) < 4.78 is 10.3. The third-order valence-electron chi connectivity index (χ3n) is 3.55. The summed E-state index contributed by atoms with van der Waals surface area (Å²) in [5, 5.41) is 3.90. The van der Waals surface area contributed by atoms with Crippen LogP contribution in [-0.2, 0) is 4.74 Å². The van der Waals surface area contributed by atoms with E-state index in [0.717, 1.165) is 11.3 Å². The van der Waals surface area contributed by atoms with Crippen molar-refractivity contribution in [3.8, 4) is 11.4 Å². The van der Waals surface area contributed by atoms with E-state index in [1.54, 1.807) is 4.90 Å². The minimum atomic E-state index is -0.244. The fourth-order valence-corrected chi connectivity index (χ4v) is 2.24. The van der Waals surface area contributed by atoms with Gasteiger partial charge in [-0.25, -0.2) is 0 Å². The zero-order valence-corrected chi connectivity index (χ0v) is 12.7.